The highest BCUT2D eigenvalue weighted by molar-refractivity contribution is 7.26. The van der Waals surface area contributed by atoms with Crippen molar-refractivity contribution >= 4 is 49.1 Å². The molecule has 3 saturated heterocycles. The number of ether oxygens (including phenoxy) is 2. The van der Waals surface area contributed by atoms with E-state index in [1.54, 1.807) is 13.1 Å². The van der Waals surface area contributed by atoms with Gasteiger partial charge in [-0.3, -0.25) is 4.90 Å². The summed E-state index contributed by atoms with van der Waals surface area (Å²) in [7, 11) is 0. The molecule has 3 aromatic heterocycles. The molecule has 3 aromatic rings. The molecule has 3 aliphatic heterocycles. The number of halogens is 2. The molecule has 3 aliphatic rings. The van der Waals surface area contributed by atoms with Gasteiger partial charge in [-0.15, -0.1) is 11.3 Å². The van der Waals surface area contributed by atoms with Gasteiger partial charge in [0.15, 0.2) is 0 Å². The van der Waals surface area contributed by atoms with Crippen LogP contribution in [0.3, 0.4) is 0 Å². The zero-order valence-electron chi connectivity index (χ0n) is 19.0. The Hall–Kier alpha value is -1.85. The highest BCUT2D eigenvalue weighted by Gasteiger charge is 2.49. The van der Waals surface area contributed by atoms with Crippen molar-refractivity contribution in [1.29, 1.82) is 0 Å². The van der Waals surface area contributed by atoms with Gasteiger partial charge in [-0.1, -0.05) is 11.6 Å². The van der Waals surface area contributed by atoms with Crippen molar-refractivity contribution in [2.24, 2.45) is 0 Å². The molecule has 8 nitrogen and oxygen atoms in total. The summed E-state index contributed by atoms with van der Waals surface area (Å²) in [4.78, 5) is 18.8. The first-order valence-electron chi connectivity index (χ1n) is 11.7. The number of hydrogen-bond donors (Lipinski definition) is 1. The molecule has 0 unspecified atom stereocenters. The van der Waals surface area contributed by atoms with Crippen molar-refractivity contribution in [3.8, 4) is 6.01 Å². The van der Waals surface area contributed by atoms with E-state index in [4.69, 9.17) is 31.0 Å². The number of anilines is 1. The summed E-state index contributed by atoms with van der Waals surface area (Å²) in [6.07, 6.45) is 3.30. The zero-order valence-corrected chi connectivity index (χ0v) is 20.5. The van der Waals surface area contributed by atoms with Crippen LogP contribution >= 0.6 is 22.9 Å². The minimum Gasteiger partial charge on any atom is -0.461 e. The Morgan fingerprint density at radius 1 is 1.38 bits per heavy atom. The lowest BCUT2D eigenvalue weighted by Gasteiger charge is -2.31. The summed E-state index contributed by atoms with van der Waals surface area (Å²) in [5.41, 5.74) is -1.31. The maximum absolute atomic E-state index is 14.2. The highest BCUT2D eigenvalue weighted by Crippen LogP contribution is 2.43. The van der Waals surface area contributed by atoms with Gasteiger partial charge in [-0.25, -0.2) is 9.37 Å². The molecule has 3 fully saturated rings. The van der Waals surface area contributed by atoms with Crippen molar-refractivity contribution in [2.75, 3.05) is 50.9 Å². The summed E-state index contributed by atoms with van der Waals surface area (Å²) in [6.45, 7) is 5.14. The molecule has 34 heavy (non-hydrogen) atoms. The molecule has 0 radical (unpaired) electrons. The monoisotopic (exact) mass is 507 g/mol. The predicted octanol–water partition coefficient (Wildman–Crippen LogP) is 3.44. The van der Waals surface area contributed by atoms with Crippen LogP contribution in [-0.4, -0.2) is 88.3 Å². The van der Waals surface area contributed by atoms with Crippen molar-refractivity contribution in [2.45, 2.75) is 43.5 Å². The van der Waals surface area contributed by atoms with Gasteiger partial charge in [0.05, 0.1) is 35.4 Å². The van der Waals surface area contributed by atoms with E-state index in [1.807, 2.05) is 11.0 Å². The van der Waals surface area contributed by atoms with E-state index in [2.05, 4.69) is 9.88 Å². The molecule has 6 rings (SSSR count). The summed E-state index contributed by atoms with van der Waals surface area (Å²) >= 11 is 7.85. The van der Waals surface area contributed by atoms with Gasteiger partial charge in [0.2, 0.25) is 0 Å². The van der Waals surface area contributed by atoms with Crippen LogP contribution in [0.2, 0.25) is 5.15 Å². The highest BCUT2D eigenvalue weighted by atomic mass is 35.5. The van der Waals surface area contributed by atoms with Crippen LogP contribution < -0.4 is 9.64 Å². The molecule has 0 amide bonds. The summed E-state index contributed by atoms with van der Waals surface area (Å²) < 4.78 is 26.9. The number of hydrogen-bond acceptors (Lipinski definition) is 9. The van der Waals surface area contributed by atoms with Gasteiger partial charge < -0.3 is 19.5 Å². The summed E-state index contributed by atoms with van der Waals surface area (Å²) in [6, 6.07) is 2.17. The first kappa shape index (κ1) is 22.6. The largest absolute Gasteiger partial charge is 0.461 e. The predicted molar refractivity (Wildman–Crippen MR) is 130 cm³/mol. The Morgan fingerprint density at radius 3 is 3.15 bits per heavy atom. The van der Waals surface area contributed by atoms with Gasteiger partial charge in [0.1, 0.15) is 34.2 Å². The standard InChI is InChI=1S/C23H27ClFN5O3S/c1-22(31)11-29(7-8-32-12-22)19-16-15-3-5-26-18(24)17(15)34-20(16)28-21(27-19)33-13-23-4-2-6-30(23)10-14(25)9-23/h3,5,14,31H,2,4,6-13H2,1H3/t14-,22+,23+/m1/s1. The quantitative estimate of drug-likeness (QED) is 0.538. The third-order valence-corrected chi connectivity index (χ3v) is 8.65. The number of fused-ring (bicyclic) bond motifs is 4. The Morgan fingerprint density at radius 2 is 2.26 bits per heavy atom. The minimum absolute atomic E-state index is 0.254. The van der Waals surface area contributed by atoms with Crippen LogP contribution in [0.4, 0.5) is 10.2 Å². The Bertz CT molecular complexity index is 1240. The zero-order chi connectivity index (χ0) is 23.5. The second-order valence-electron chi connectivity index (χ2n) is 9.93. The number of rotatable bonds is 4. The Kier molecular flexibility index (Phi) is 5.57. The maximum atomic E-state index is 14.2. The van der Waals surface area contributed by atoms with Crippen molar-refractivity contribution in [1.82, 2.24) is 19.9 Å². The molecule has 0 saturated carbocycles. The maximum Gasteiger partial charge on any atom is 0.319 e. The average molecular weight is 508 g/mol. The molecular formula is C23H27ClFN5O3S. The molecule has 11 heteroatoms. The van der Waals surface area contributed by atoms with E-state index in [9.17, 15) is 9.50 Å². The summed E-state index contributed by atoms with van der Waals surface area (Å²) in [5, 5.41) is 13.0. The van der Waals surface area contributed by atoms with Crippen LogP contribution in [-0.2, 0) is 4.74 Å². The number of nitrogens with zero attached hydrogens (tertiary/aromatic N) is 5. The molecule has 0 aliphatic carbocycles. The molecule has 3 atom stereocenters. The number of β-amino-alcohol motifs (C(OH)–C–C–N with tert-alkyl or cyclic N) is 1. The summed E-state index contributed by atoms with van der Waals surface area (Å²) in [5.74, 6) is 0.676. The normalized spacial score (nSPS) is 30.2. The second-order valence-corrected chi connectivity index (χ2v) is 11.3. The fourth-order valence-corrected chi connectivity index (χ4v) is 6.97. The number of thiophene rings is 1. The van der Waals surface area contributed by atoms with Crippen LogP contribution in [0.5, 0.6) is 6.01 Å². The second kappa shape index (κ2) is 8.37. The van der Waals surface area contributed by atoms with E-state index < -0.39 is 11.8 Å². The lowest BCUT2D eigenvalue weighted by atomic mass is 9.95. The van der Waals surface area contributed by atoms with E-state index >= 15 is 0 Å². The molecule has 6 heterocycles. The Labute approximate surface area is 205 Å². The van der Waals surface area contributed by atoms with Gasteiger partial charge in [0.25, 0.3) is 0 Å². The lowest BCUT2D eigenvalue weighted by molar-refractivity contribution is -0.0123. The molecule has 182 valence electrons. The third-order valence-electron chi connectivity index (χ3n) is 7.15. The van der Waals surface area contributed by atoms with E-state index in [-0.39, 0.29) is 18.2 Å². The molecular weight excluding hydrogens is 481 g/mol. The van der Waals surface area contributed by atoms with Crippen LogP contribution in [0.15, 0.2) is 12.3 Å². The molecule has 0 bridgehead atoms. The fraction of sp³-hybridized carbons (Fsp3) is 0.609. The number of aromatic nitrogens is 3. The van der Waals surface area contributed by atoms with Crippen molar-refractivity contribution < 1.29 is 19.0 Å². The van der Waals surface area contributed by atoms with Crippen molar-refractivity contribution in [3.63, 3.8) is 0 Å². The van der Waals surface area contributed by atoms with E-state index in [0.717, 1.165) is 39.7 Å². The van der Waals surface area contributed by atoms with Gasteiger partial charge in [-0.05, 0) is 32.4 Å². The smallest absolute Gasteiger partial charge is 0.319 e. The lowest BCUT2D eigenvalue weighted by Crippen LogP contribution is -2.43. The third kappa shape index (κ3) is 3.89. The fourth-order valence-electron chi connectivity index (χ4n) is 5.66. The number of aliphatic hydroxyl groups is 1. The van der Waals surface area contributed by atoms with Gasteiger partial charge in [0, 0.05) is 31.1 Å². The topological polar surface area (TPSA) is 83.8 Å². The first-order valence-corrected chi connectivity index (χ1v) is 12.8. The van der Waals surface area contributed by atoms with Crippen LogP contribution in [0.25, 0.3) is 20.3 Å². The minimum atomic E-state index is -1.02. The van der Waals surface area contributed by atoms with E-state index in [0.29, 0.717) is 50.2 Å². The van der Waals surface area contributed by atoms with E-state index in [1.165, 1.54) is 11.3 Å². The molecule has 1 N–H and O–H groups in total. The number of alkyl halides is 1. The van der Waals surface area contributed by atoms with Gasteiger partial charge in [-0.2, -0.15) is 9.97 Å². The molecule has 0 aromatic carbocycles. The SMILES string of the molecule is C[C@@]1(O)COCCN(c2nc(OC[C@@]34CCCN3C[C@H](F)C4)nc3sc4c(Cl)nccc4c23)C1. The van der Waals surface area contributed by atoms with Gasteiger partial charge >= 0.3 is 6.01 Å². The first-order chi connectivity index (χ1) is 16.3. The average Bonchev–Trinajstić information content (AvgIpc) is 3.40. The Balaban J connectivity index is 1.42. The molecule has 0 spiro atoms. The van der Waals surface area contributed by atoms with Crippen LogP contribution in [0.1, 0.15) is 26.2 Å². The van der Waals surface area contributed by atoms with Crippen molar-refractivity contribution in [3.05, 3.63) is 17.4 Å². The van der Waals surface area contributed by atoms with Crippen LogP contribution in [0, 0.1) is 0 Å². The number of pyridine rings is 1.